The van der Waals surface area contributed by atoms with E-state index >= 15 is 0 Å². The molecule has 0 aromatic rings. The zero-order chi connectivity index (χ0) is 17.3. The molecule has 4 bridgehead atoms. The van der Waals surface area contributed by atoms with Crippen LogP contribution in [0.25, 0.3) is 0 Å². The third-order valence-corrected chi connectivity index (χ3v) is 6.59. The van der Waals surface area contributed by atoms with Crippen molar-refractivity contribution in [2.75, 3.05) is 6.54 Å². The third kappa shape index (κ3) is 3.48. The minimum absolute atomic E-state index is 0.0171. The van der Waals surface area contributed by atoms with Crippen molar-refractivity contribution < 1.29 is 9.59 Å². The van der Waals surface area contributed by atoms with E-state index in [0.717, 1.165) is 49.9 Å². The van der Waals surface area contributed by atoms with Gasteiger partial charge in [-0.3, -0.25) is 9.59 Å². The smallest absolute Gasteiger partial charge is 0.242 e. The first-order chi connectivity index (χ1) is 11.4. The summed E-state index contributed by atoms with van der Waals surface area (Å²) in [5, 5.41) is 6.14. The molecular formula is C20H34N2O2. The Bertz CT molecular complexity index is 451. The Morgan fingerprint density at radius 1 is 1.04 bits per heavy atom. The monoisotopic (exact) mass is 334 g/mol. The Morgan fingerprint density at radius 2 is 1.58 bits per heavy atom. The fourth-order valence-corrected chi connectivity index (χ4v) is 5.72. The lowest BCUT2D eigenvalue weighted by atomic mass is 9.49. The van der Waals surface area contributed by atoms with Gasteiger partial charge in [-0.2, -0.15) is 0 Å². The van der Waals surface area contributed by atoms with E-state index in [0.29, 0.717) is 6.54 Å². The number of carbonyl (C=O) groups excluding carboxylic acids is 2. The minimum Gasteiger partial charge on any atom is -0.354 e. The number of unbranched alkanes of at least 4 members (excludes halogenated alkanes) is 1. The summed E-state index contributed by atoms with van der Waals surface area (Å²) >= 11 is 0. The van der Waals surface area contributed by atoms with E-state index in [2.05, 4.69) is 17.6 Å². The highest BCUT2D eigenvalue weighted by Gasteiger charge is 2.55. The lowest BCUT2D eigenvalue weighted by Crippen LogP contribution is -2.58. The maximum atomic E-state index is 13.2. The van der Waals surface area contributed by atoms with Crippen LogP contribution >= 0.6 is 0 Å². The number of hydrogen-bond acceptors (Lipinski definition) is 2. The first-order valence-corrected chi connectivity index (χ1v) is 10.0. The summed E-state index contributed by atoms with van der Waals surface area (Å²) in [6.45, 7) is 6.85. The largest absolute Gasteiger partial charge is 0.354 e. The van der Waals surface area contributed by atoms with Crippen LogP contribution in [0.3, 0.4) is 0 Å². The van der Waals surface area contributed by atoms with Crippen molar-refractivity contribution in [3.8, 4) is 0 Å². The van der Waals surface area contributed by atoms with Gasteiger partial charge in [0, 0.05) is 12.0 Å². The highest BCUT2D eigenvalue weighted by molar-refractivity contribution is 5.90. The van der Waals surface area contributed by atoms with Crippen LogP contribution in [0.15, 0.2) is 0 Å². The van der Waals surface area contributed by atoms with Gasteiger partial charge in [0.1, 0.15) is 6.04 Å². The molecule has 0 spiro atoms. The van der Waals surface area contributed by atoms with E-state index in [9.17, 15) is 9.59 Å². The molecule has 4 rings (SSSR count). The van der Waals surface area contributed by atoms with Crippen LogP contribution in [-0.2, 0) is 9.59 Å². The van der Waals surface area contributed by atoms with E-state index in [1.807, 2.05) is 13.8 Å². The molecule has 136 valence electrons. The first-order valence-electron chi connectivity index (χ1n) is 10.0. The highest BCUT2D eigenvalue weighted by Crippen LogP contribution is 2.60. The summed E-state index contributed by atoms with van der Waals surface area (Å²) in [5.41, 5.74) is -0.175. The zero-order valence-electron chi connectivity index (χ0n) is 15.6. The summed E-state index contributed by atoms with van der Waals surface area (Å²) in [7, 11) is 0. The van der Waals surface area contributed by atoms with Crippen LogP contribution in [0.5, 0.6) is 0 Å². The summed E-state index contributed by atoms with van der Waals surface area (Å²) in [6.07, 6.45) is 9.19. The third-order valence-electron chi connectivity index (χ3n) is 6.59. The summed E-state index contributed by atoms with van der Waals surface area (Å²) in [6, 6.07) is -0.401. The standard InChI is InChI=1S/C20H34N2O2/c1-4-5-6-21-18(23)17(13(2)3)22-19(24)20-10-14-7-15(11-20)9-16(8-14)12-20/h13-17H,4-12H2,1-3H3,(H,21,23)(H,22,24). The lowest BCUT2D eigenvalue weighted by Gasteiger charge is -2.55. The molecule has 0 saturated heterocycles. The molecule has 1 unspecified atom stereocenters. The molecule has 0 heterocycles. The highest BCUT2D eigenvalue weighted by atomic mass is 16.2. The molecule has 2 N–H and O–H groups in total. The number of hydrogen-bond donors (Lipinski definition) is 2. The van der Waals surface area contributed by atoms with Crippen LogP contribution in [0, 0.1) is 29.1 Å². The second kappa shape index (κ2) is 7.05. The molecule has 0 aromatic carbocycles. The van der Waals surface area contributed by atoms with E-state index in [1.165, 1.54) is 19.3 Å². The maximum absolute atomic E-state index is 13.2. The first kappa shape index (κ1) is 17.8. The number of carbonyl (C=O) groups is 2. The average Bonchev–Trinajstić information content (AvgIpc) is 2.50. The van der Waals surface area contributed by atoms with Crippen molar-refractivity contribution >= 4 is 11.8 Å². The topological polar surface area (TPSA) is 58.2 Å². The van der Waals surface area contributed by atoms with E-state index in [1.54, 1.807) is 0 Å². The van der Waals surface area contributed by atoms with E-state index in [-0.39, 0.29) is 23.1 Å². The summed E-state index contributed by atoms with van der Waals surface area (Å²) < 4.78 is 0. The van der Waals surface area contributed by atoms with Gasteiger partial charge in [-0.05, 0) is 68.6 Å². The maximum Gasteiger partial charge on any atom is 0.242 e. The second-order valence-corrected chi connectivity index (χ2v) is 9.04. The number of nitrogens with one attached hydrogen (secondary N) is 2. The van der Waals surface area contributed by atoms with Gasteiger partial charge < -0.3 is 10.6 Å². The van der Waals surface area contributed by atoms with Crippen molar-refractivity contribution in [2.45, 2.75) is 78.2 Å². The average molecular weight is 335 g/mol. The van der Waals surface area contributed by atoms with Crippen LogP contribution in [0.4, 0.5) is 0 Å². The van der Waals surface area contributed by atoms with Gasteiger partial charge in [0.2, 0.25) is 11.8 Å². The predicted octanol–water partition coefficient (Wildman–Crippen LogP) is 3.26. The van der Waals surface area contributed by atoms with Crippen molar-refractivity contribution in [2.24, 2.45) is 29.1 Å². The van der Waals surface area contributed by atoms with Gasteiger partial charge in [0.05, 0.1) is 0 Å². The predicted molar refractivity (Wildman–Crippen MR) is 95.3 cm³/mol. The van der Waals surface area contributed by atoms with Gasteiger partial charge in [-0.25, -0.2) is 0 Å². The number of rotatable bonds is 7. The Morgan fingerprint density at radius 3 is 2.04 bits per heavy atom. The van der Waals surface area contributed by atoms with Gasteiger partial charge in [0.15, 0.2) is 0 Å². The normalized spacial score (nSPS) is 35.1. The van der Waals surface area contributed by atoms with E-state index < -0.39 is 6.04 Å². The quantitative estimate of drug-likeness (QED) is 0.702. The molecule has 4 saturated carbocycles. The van der Waals surface area contributed by atoms with Gasteiger partial charge in [0.25, 0.3) is 0 Å². The Hall–Kier alpha value is -1.06. The zero-order valence-corrected chi connectivity index (χ0v) is 15.6. The lowest BCUT2D eigenvalue weighted by molar-refractivity contribution is -0.149. The molecule has 4 fully saturated rings. The molecule has 1 atom stereocenters. The summed E-state index contributed by atoms with van der Waals surface area (Å²) in [4.78, 5) is 25.7. The van der Waals surface area contributed by atoms with Gasteiger partial charge in [-0.15, -0.1) is 0 Å². The van der Waals surface area contributed by atoms with Gasteiger partial charge in [-0.1, -0.05) is 27.2 Å². The van der Waals surface area contributed by atoms with Crippen LogP contribution < -0.4 is 10.6 Å². The molecule has 4 nitrogen and oxygen atoms in total. The Labute approximate surface area is 146 Å². The van der Waals surface area contributed by atoms with Crippen molar-refractivity contribution in [3.63, 3.8) is 0 Å². The SMILES string of the molecule is CCCCNC(=O)C(NC(=O)C12CC3CC(CC(C3)C1)C2)C(C)C. The van der Waals surface area contributed by atoms with Crippen molar-refractivity contribution in [3.05, 3.63) is 0 Å². The second-order valence-electron chi connectivity index (χ2n) is 9.04. The molecule has 0 radical (unpaired) electrons. The molecule has 2 amide bonds. The van der Waals surface area contributed by atoms with Crippen molar-refractivity contribution in [1.29, 1.82) is 0 Å². The minimum atomic E-state index is -0.401. The van der Waals surface area contributed by atoms with Crippen LogP contribution in [0.2, 0.25) is 0 Å². The van der Waals surface area contributed by atoms with Crippen LogP contribution in [-0.4, -0.2) is 24.4 Å². The van der Waals surface area contributed by atoms with Crippen LogP contribution in [0.1, 0.15) is 72.1 Å². The molecule has 0 aliphatic heterocycles. The fraction of sp³-hybridized carbons (Fsp3) is 0.900. The Kier molecular flexibility index (Phi) is 5.22. The molecular weight excluding hydrogens is 300 g/mol. The van der Waals surface area contributed by atoms with E-state index in [4.69, 9.17) is 0 Å². The molecule has 4 heteroatoms. The number of amides is 2. The summed E-state index contributed by atoms with van der Waals surface area (Å²) in [5.74, 6) is 2.50. The Balaban J connectivity index is 1.64. The molecule has 4 aliphatic rings. The molecule has 0 aromatic heterocycles. The molecule has 24 heavy (non-hydrogen) atoms. The fourth-order valence-electron chi connectivity index (χ4n) is 5.72. The van der Waals surface area contributed by atoms with Gasteiger partial charge >= 0.3 is 0 Å². The van der Waals surface area contributed by atoms with Crippen molar-refractivity contribution in [1.82, 2.24) is 10.6 Å². The molecule has 4 aliphatic carbocycles.